The van der Waals surface area contributed by atoms with Gasteiger partial charge < -0.3 is 10.2 Å². The number of piperidine rings is 1. The Morgan fingerprint density at radius 3 is 2.89 bits per heavy atom. The maximum Gasteiger partial charge on any atom is 0.272 e. The molecule has 1 aromatic carbocycles. The van der Waals surface area contributed by atoms with Gasteiger partial charge in [0.1, 0.15) is 0 Å². The lowest BCUT2D eigenvalue weighted by Crippen LogP contribution is -2.45. The van der Waals surface area contributed by atoms with E-state index in [0.717, 1.165) is 24.3 Å². The van der Waals surface area contributed by atoms with Crippen LogP contribution in [0.25, 0.3) is 0 Å². The number of benzene rings is 1. The first-order chi connectivity index (χ1) is 9.13. The maximum atomic E-state index is 10.9. The van der Waals surface area contributed by atoms with Crippen LogP contribution in [-0.4, -0.2) is 31.1 Å². The van der Waals surface area contributed by atoms with Gasteiger partial charge in [-0.2, -0.15) is 0 Å². The lowest BCUT2D eigenvalue weighted by atomic mass is 10.0. The van der Waals surface area contributed by atoms with E-state index in [0.29, 0.717) is 6.04 Å². The Morgan fingerprint density at radius 2 is 2.26 bits per heavy atom. The summed E-state index contributed by atoms with van der Waals surface area (Å²) >= 11 is 0. The van der Waals surface area contributed by atoms with Crippen molar-refractivity contribution >= 4 is 11.4 Å². The van der Waals surface area contributed by atoms with Crippen LogP contribution in [0.15, 0.2) is 18.2 Å². The molecule has 1 saturated heterocycles. The number of hydrogen-bond acceptors (Lipinski definition) is 4. The molecule has 1 fully saturated rings. The highest BCUT2D eigenvalue weighted by atomic mass is 16.6. The molecule has 5 heteroatoms. The predicted octanol–water partition coefficient (Wildman–Crippen LogP) is 2.48. The first-order valence-corrected chi connectivity index (χ1v) is 6.79. The van der Waals surface area contributed by atoms with Crippen LogP contribution in [0.1, 0.15) is 24.8 Å². The predicted molar refractivity (Wildman–Crippen MR) is 76.7 cm³/mol. The van der Waals surface area contributed by atoms with E-state index in [1.165, 1.54) is 19.3 Å². The molecule has 1 aromatic rings. The normalized spacial score (nSPS) is 19.5. The van der Waals surface area contributed by atoms with Crippen molar-refractivity contribution in [1.29, 1.82) is 0 Å². The van der Waals surface area contributed by atoms with E-state index in [2.05, 4.69) is 10.2 Å². The third kappa shape index (κ3) is 3.04. The number of nitrogens with one attached hydrogen (secondary N) is 1. The molecule has 1 aliphatic heterocycles. The third-order valence-electron chi connectivity index (χ3n) is 3.78. The second-order valence-corrected chi connectivity index (χ2v) is 5.13. The van der Waals surface area contributed by atoms with E-state index in [1.54, 1.807) is 13.0 Å². The summed E-state index contributed by atoms with van der Waals surface area (Å²) < 4.78 is 0. The molecule has 0 spiro atoms. The van der Waals surface area contributed by atoms with Gasteiger partial charge >= 0.3 is 0 Å². The maximum absolute atomic E-state index is 10.9. The second kappa shape index (κ2) is 6.02. The number of hydrogen-bond donors (Lipinski definition) is 1. The molecule has 0 aromatic heterocycles. The number of anilines is 1. The van der Waals surface area contributed by atoms with E-state index in [1.807, 2.05) is 19.2 Å². The fourth-order valence-electron chi connectivity index (χ4n) is 2.81. The fraction of sp³-hybridized carbons (Fsp3) is 0.571. The SMILES string of the molecule is CNCC1CCCCN1c1ccc([N+](=O)[O-])c(C)c1. The highest BCUT2D eigenvalue weighted by molar-refractivity contribution is 5.56. The first kappa shape index (κ1) is 13.8. The minimum absolute atomic E-state index is 0.200. The molecule has 1 N–H and O–H groups in total. The molecule has 0 radical (unpaired) electrons. The topological polar surface area (TPSA) is 58.4 Å². The quantitative estimate of drug-likeness (QED) is 0.669. The van der Waals surface area contributed by atoms with Gasteiger partial charge in [0.25, 0.3) is 5.69 Å². The van der Waals surface area contributed by atoms with E-state index < -0.39 is 0 Å². The van der Waals surface area contributed by atoms with Crippen LogP contribution in [0, 0.1) is 17.0 Å². The van der Waals surface area contributed by atoms with Crippen molar-refractivity contribution in [1.82, 2.24) is 5.32 Å². The van der Waals surface area contributed by atoms with Crippen LogP contribution in [0.5, 0.6) is 0 Å². The molecular weight excluding hydrogens is 242 g/mol. The van der Waals surface area contributed by atoms with E-state index in [4.69, 9.17) is 0 Å². The molecule has 0 bridgehead atoms. The molecule has 0 saturated carbocycles. The van der Waals surface area contributed by atoms with Crippen LogP contribution in [0.3, 0.4) is 0 Å². The van der Waals surface area contributed by atoms with Crippen LogP contribution >= 0.6 is 0 Å². The molecule has 1 unspecified atom stereocenters. The molecule has 2 rings (SSSR count). The van der Waals surface area contributed by atoms with Gasteiger partial charge in [0.05, 0.1) is 4.92 Å². The number of likely N-dealkylation sites (N-methyl/N-ethyl adjacent to an activating group) is 1. The summed E-state index contributed by atoms with van der Waals surface area (Å²) in [5.41, 5.74) is 2.03. The zero-order valence-electron chi connectivity index (χ0n) is 11.6. The molecule has 1 atom stereocenters. The largest absolute Gasteiger partial charge is 0.367 e. The van der Waals surface area contributed by atoms with Gasteiger partial charge in [-0.3, -0.25) is 10.1 Å². The van der Waals surface area contributed by atoms with Crippen molar-refractivity contribution in [3.05, 3.63) is 33.9 Å². The number of rotatable bonds is 4. The summed E-state index contributed by atoms with van der Waals surface area (Å²) in [5.74, 6) is 0. The highest BCUT2D eigenvalue weighted by Gasteiger charge is 2.23. The Kier molecular flexibility index (Phi) is 4.37. The third-order valence-corrected chi connectivity index (χ3v) is 3.78. The molecule has 5 nitrogen and oxygen atoms in total. The zero-order valence-corrected chi connectivity index (χ0v) is 11.6. The van der Waals surface area contributed by atoms with Gasteiger partial charge in [-0.25, -0.2) is 0 Å². The Balaban J connectivity index is 2.24. The van der Waals surface area contributed by atoms with Gasteiger partial charge in [0, 0.05) is 36.4 Å². The monoisotopic (exact) mass is 263 g/mol. The minimum Gasteiger partial charge on any atom is -0.367 e. The Labute approximate surface area is 113 Å². The lowest BCUT2D eigenvalue weighted by molar-refractivity contribution is -0.385. The van der Waals surface area contributed by atoms with Crippen LogP contribution in [-0.2, 0) is 0 Å². The van der Waals surface area contributed by atoms with Gasteiger partial charge in [0.15, 0.2) is 0 Å². The van der Waals surface area contributed by atoms with Crippen LogP contribution < -0.4 is 10.2 Å². The standard InChI is InChI=1S/C14H21N3O2/c1-11-9-12(6-7-14(11)17(18)19)16-8-4-3-5-13(16)10-15-2/h6-7,9,13,15H,3-5,8,10H2,1-2H3. The molecule has 104 valence electrons. The second-order valence-electron chi connectivity index (χ2n) is 5.13. The van der Waals surface area contributed by atoms with E-state index in [9.17, 15) is 10.1 Å². The number of nitrogens with zero attached hydrogens (tertiary/aromatic N) is 2. The first-order valence-electron chi connectivity index (χ1n) is 6.79. The van der Waals surface area contributed by atoms with Crippen molar-refractivity contribution in [2.75, 3.05) is 25.0 Å². The van der Waals surface area contributed by atoms with Gasteiger partial charge in [-0.1, -0.05) is 0 Å². The van der Waals surface area contributed by atoms with Gasteiger partial charge in [-0.05, 0) is 45.4 Å². The summed E-state index contributed by atoms with van der Waals surface area (Å²) in [7, 11) is 1.97. The van der Waals surface area contributed by atoms with Crippen molar-refractivity contribution in [2.45, 2.75) is 32.2 Å². The van der Waals surface area contributed by atoms with Crippen LogP contribution in [0.4, 0.5) is 11.4 Å². The number of nitro groups is 1. The van der Waals surface area contributed by atoms with Gasteiger partial charge in [-0.15, -0.1) is 0 Å². The van der Waals surface area contributed by atoms with Gasteiger partial charge in [0.2, 0.25) is 0 Å². The number of aryl methyl sites for hydroxylation is 1. The average Bonchev–Trinajstić information content (AvgIpc) is 2.39. The fourth-order valence-corrected chi connectivity index (χ4v) is 2.81. The van der Waals surface area contributed by atoms with E-state index in [-0.39, 0.29) is 10.6 Å². The van der Waals surface area contributed by atoms with Crippen molar-refractivity contribution in [3.63, 3.8) is 0 Å². The van der Waals surface area contributed by atoms with Crippen molar-refractivity contribution in [2.24, 2.45) is 0 Å². The summed E-state index contributed by atoms with van der Waals surface area (Å²) in [4.78, 5) is 12.9. The summed E-state index contributed by atoms with van der Waals surface area (Å²) in [6, 6.07) is 5.92. The summed E-state index contributed by atoms with van der Waals surface area (Å²) in [6.07, 6.45) is 3.63. The molecule has 19 heavy (non-hydrogen) atoms. The van der Waals surface area contributed by atoms with Crippen molar-refractivity contribution in [3.8, 4) is 0 Å². The van der Waals surface area contributed by atoms with E-state index >= 15 is 0 Å². The molecular formula is C14H21N3O2. The summed E-state index contributed by atoms with van der Waals surface area (Å²) in [6.45, 7) is 3.79. The Bertz CT molecular complexity index is 460. The van der Waals surface area contributed by atoms with Crippen molar-refractivity contribution < 1.29 is 4.92 Å². The Morgan fingerprint density at radius 1 is 1.47 bits per heavy atom. The Hall–Kier alpha value is -1.62. The molecule has 1 aliphatic rings. The zero-order chi connectivity index (χ0) is 13.8. The molecule has 1 heterocycles. The molecule has 0 amide bonds. The average molecular weight is 263 g/mol. The summed E-state index contributed by atoms with van der Waals surface area (Å²) in [5, 5.41) is 14.1. The highest BCUT2D eigenvalue weighted by Crippen LogP contribution is 2.28. The minimum atomic E-state index is -0.319. The smallest absolute Gasteiger partial charge is 0.272 e. The number of nitro benzene ring substituents is 1. The van der Waals surface area contributed by atoms with Crippen LogP contribution in [0.2, 0.25) is 0 Å². The molecule has 0 aliphatic carbocycles. The lowest BCUT2D eigenvalue weighted by Gasteiger charge is -2.37.